The average Bonchev–Trinajstić information content (AvgIpc) is 2.28. The first kappa shape index (κ1) is 10.6. The summed E-state index contributed by atoms with van der Waals surface area (Å²) in [6, 6.07) is 5.09. The number of hydrogen-bond donors (Lipinski definition) is 2. The maximum absolute atomic E-state index is 10.9. The average molecular weight is 236 g/mol. The molecule has 6 heteroatoms. The van der Waals surface area contributed by atoms with Crippen LogP contribution in [0, 0.1) is 0 Å². The zero-order valence-corrected chi connectivity index (χ0v) is 9.33. The van der Waals surface area contributed by atoms with Crippen molar-refractivity contribution in [2.24, 2.45) is 0 Å². The predicted molar refractivity (Wildman–Crippen MR) is 63.5 cm³/mol. The third kappa shape index (κ3) is 1.66. The van der Waals surface area contributed by atoms with Crippen LogP contribution in [0.1, 0.15) is 10.4 Å². The molecule has 3 N–H and O–H groups in total. The summed E-state index contributed by atoms with van der Waals surface area (Å²) in [6.07, 6.45) is 1.25. The normalized spacial score (nSPS) is 10.3. The molecule has 0 spiro atoms. The van der Waals surface area contributed by atoms with Crippen LogP contribution in [-0.2, 0) is 0 Å². The molecule has 82 valence electrons. The number of aromatic carboxylic acids is 1. The quantitative estimate of drug-likeness (QED) is 0.775. The van der Waals surface area contributed by atoms with Crippen LogP contribution in [0.4, 0.5) is 5.69 Å². The third-order valence-electron chi connectivity index (χ3n) is 2.25. The van der Waals surface area contributed by atoms with Gasteiger partial charge in [-0.3, -0.25) is 4.98 Å². The van der Waals surface area contributed by atoms with E-state index < -0.39 is 5.97 Å². The van der Waals surface area contributed by atoms with Crippen LogP contribution in [0.5, 0.6) is 5.75 Å². The number of carbonyl (C=O) groups is 1. The van der Waals surface area contributed by atoms with Gasteiger partial charge in [0, 0.05) is 11.6 Å². The summed E-state index contributed by atoms with van der Waals surface area (Å²) in [5.41, 5.74) is 6.58. The first-order valence-electron chi connectivity index (χ1n) is 4.41. The standard InChI is InChI=1S/C10H9N2O3P/c11-9-6-3-5(15-16)1-2-8(6)12-4-7(9)10(13)14/h1-4H,16H2,(H2,11,12)(H,13,14). The second-order valence-corrected chi connectivity index (χ2v) is 3.42. The summed E-state index contributed by atoms with van der Waals surface area (Å²) in [6.45, 7) is 0. The first-order valence-corrected chi connectivity index (χ1v) is 4.89. The minimum atomic E-state index is -1.09. The number of carboxylic acids is 1. The molecule has 1 unspecified atom stereocenters. The maximum Gasteiger partial charge on any atom is 0.339 e. The van der Waals surface area contributed by atoms with Gasteiger partial charge in [0.2, 0.25) is 0 Å². The molecule has 0 radical (unpaired) electrons. The van der Waals surface area contributed by atoms with E-state index in [0.717, 1.165) is 0 Å². The minimum Gasteiger partial charge on any atom is -0.480 e. The molecule has 0 amide bonds. The molecule has 0 aliphatic rings. The van der Waals surface area contributed by atoms with E-state index in [2.05, 4.69) is 14.5 Å². The summed E-state index contributed by atoms with van der Waals surface area (Å²) in [7, 11) is 2.11. The van der Waals surface area contributed by atoms with Crippen LogP contribution in [0.25, 0.3) is 10.9 Å². The molecule has 0 aliphatic carbocycles. The number of nitrogen functional groups attached to an aromatic ring is 1. The molecule has 1 atom stereocenters. The number of carboxylic acid groups (broad SMARTS) is 1. The van der Waals surface area contributed by atoms with E-state index in [1.807, 2.05) is 0 Å². The van der Waals surface area contributed by atoms with Crippen LogP contribution in [0.2, 0.25) is 0 Å². The summed E-state index contributed by atoms with van der Waals surface area (Å²) < 4.78 is 4.96. The second kappa shape index (κ2) is 3.94. The van der Waals surface area contributed by atoms with Crippen LogP contribution in [0.3, 0.4) is 0 Å². The lowest BCUT2D eigenvalue weighted by Crippen LogP contribution is -2.03. The number of anilines is 1. The molecule has 1 heterocycles. The molecule has 0 bridgehead atoms. The van der Waals surface area contributed by atoms with E-state index in [0.29, 0.717) is 16.7 Å². The van der Waals surface area contributed by atoms with Gasteiger partial charge in [-0.25, -0.2) is 4.79 Å². The molecule has 1 aromatic heterocycles. The number of hydrogen-bond acceptors (Lipinski definition) is 4. The van der Waals surface area contributed by atoms with Crippen molar-refractivity contribution in [3.05, 3.63) is 30.0 Å². The molecule has 5 nitrogen and oxygen atoms in total. The molecule has 2 aromatic rings. The lowest BCUT2D eigenvalue weighted by molar-refractivity contribution is 0.0698. The van der Waals surface area contributed by atoms with Crippen molar-refractivity contribution in [1.82, 2.24) is 4.98 Å². The fourth-order valence-electron chi connectivity index (χ4n) is 1.44. The van der Waals surface area contributed by atoms with E-state index in [1.54, 1.807) is 18.2 Å². The molecule has 0 aliphatic heterocycles. The highest BCUT2D eigenvalue weighted by molar-refractivity contribution is 7.10. The van der Waals surface area contributed by atoms with E-state index in [1.165, 1.54) is 6.20 Å². The van der Waals surface area contributed by atoms with Gasteiger partial charge in [0.05, 0.1) is 20.7 Å². The highest BCUT2D eigenvalue weighted by atomic mass is 31.0. The zero-order valence-electron chi connectivity index (χ0n) is 8.18. The van der Waals surface area contributed by atoms with Crippen molar-refractivity contribution in [3.63, 3.8) is 0 Å². The molecular weight excluding hydrogens is 227 g/mol. The van der Waals surface area contributed by atoms with Gasteiger partial charge >= 0.3 is 5.97 Å². The summed E-state index contributed by atoms with van der Waals surface area (Å²) >= 11 is 0. The van der Waals surface area contributed by atoms with Gasteiger partial charge in [-0.15, -0.1) is 0 Å². The number of nitrogens with two attached hydrogens (primary N) is 1. The van der Waals surface area contributed by atoms with Gasteiger partial charge in [0.15, 0.2) is 0 Å². The van der Waals surface area contributed by atoms with Gasteiger partial charge in [0.25, 0.3) is 0 Å². The maximum atomic E-state index is 10.9. The van der Waals surface area contributed by atoms with Crippen molar-refractivity contribution in [1.29, 1.82) is 0 Å². The molecule has 16 heavy (non-hydrogen) atoms. The molecule has 2 rings (SSSR count). The number of rotatable bonds is 2. The van der Waals surface area contributed by atoms with Crippen molar-refractivity contribution in [2.75, 3.05) is 5.73 Å². The van der Waals surface area contributed by atoms with Crippen molar-refractivity contribution in [3.8, 4) is 5.75 Å². The van der Waals surface area contributed by atoms with Crippen molar-refractivity contribution >= 4 is 32.0 Å². The number of pyridine rings is 1. The lowest BCUT2D eigenvalue weighted by atomic mass is 10.1. The topological polar surface area (TPSA) is 85.4 Å². The SMILES string of the molecule is Nc1c(C(=O)O)cnc2ccc(OP)cc12. The van der Waals surface area contributed by atoms with Crippen LogP contribution >= 0.6 is 9.47 Å². The Bertz CT molecular complexity index is 571. The summed E-state index contributed by atoms with van der Waals surface area (Å²) in [4.78, 5) is 14.9. The van der Waals surface area contributed by atoms with E-state index >= 15 is 0 Å². The largest absolute Gasteiger partial charge is 0.480 e. The Hall–Kier alpha value is -1.87. The van der Waals surface area contributed by atoms with E-state index in [9.17, 15) is 4.79 Å². The molecule has 0 saturated heterocycles. The number of nitrogens with zero attached hydrogens (tertiary/aromatic N) is 1. The van der Waals surface area contributed by atoms with Gasteiger partial charge in [-0.1, -0.05) is 0 Å². The second-order valence-electron chi connectivity index (χ2n) is 3.19. The Morgan fingerprint density at radius 3 is 2.88 bits per heavy atom. The highest BCUT2D eigenvalue weighted by Gasteiger charge is 2.12. The Morgan fingerprint density at radius 2 is 2.25 bits per heavy atom. The van der Waals surface area contributed by atoms with Gasteiger partial charge in [0.1, 0.15) is 11.3 Å². The van der Waals surface area contributed by atoms with Crippen molar-refractivity contribution in [2.45, 2.75) is 0 Å². The Labute approximate surface area is 93.5 Å². The monoisotopic (exact) mass is 236 g/mol. The molecule has 1 aromatic carbocycles. The number of aromatic nitrogens is 1. The highest BCUT2D eigenvalue weighted by Crippen LogP contribution is 2.27. The van der Waals surface area contributed by atoms with Crippen molar-refractivity contribution < 1.29 is 14.4 Å². The van der Waals surface area contributed by atoms with Crippen LogP contribution in [0.15, 0.2) is 24.4 Å². The predicted octanol–water partition coefficient (Wildman–Crippen LogP) is 1.68. The summed E-state index contributed by atoms with van der Waals surface area (Å²) in [5, 5.41) is 9.47. The summed E-state index contributed by atoms with van der Waals surface area (Å²) in [5.74, 6) is -0.516. The zero-order chi connectivity index (χ0) is 11.7. The van der Waals surface area contributed by atoms with E-state index in [4.69, 9.17) is 15.4 Å². The van der Waals surface area contributed by atoms with Crippen LogP contribution < -0.4 is 10.3 Å². The fraction of sp³-hybridized carbons (Fsp3) is 0. The molecular formula is C10H9N2O3P. The Balaban J connectivity index is 2.75. The third-order valence-corrected chi connectivity index (χ3v) is 2.52. The smallest absolute Gasteiger partial charge is 0.339 e. The Kier molecular flexibility index (Phi) is 2.62. The Morgan fingerprint density at radius 1 is 1.50 bits per heavy atom. The molecule has 0 fully saturated rings. The van der Waals surface area contributed by atoms with E-state index in [-0.39, 0.29) is 11.3 Å². The van der Waals surface area contributed by atoms with Crippen LogP contribution in [-0.4, -0.2) is 16.1 Å². The van der Waals surface area contributed by atoms with Gasteiger partial charge < -0.3 is 15.4 Å². The fourth-order valence-corrected chi connectivity index (χ4v) is 1.58. The molecule has 0 saturated carbocycles. The first-order chi connectivity index (χ1) is 7.63. The number of benzene rings is 1. The van der Waals surface area contributed by atoms with Gasteiger partial charge in [-0.05, 0) is 18.2 Å². The minimum absolute atomic E-state index is 0.00611. The van der Waals surface area contributed by atoms with Gasteiger partial charge in [-0.2, -0.15) is 0 Å². The number of fused-ring (bicyclic) bond motifs is 1. The lowest BCUT2D eigenvalue weighted by Gasteiger charge is -2.06.